The average molecular weight is 246 g/mol. The molecule has 0 amide bonds. The maximum absolute atomic E-state index is 10.8. The van der Waals surface area contributed by atoms with Gasteiger partial charge in [0, 0.05) is 0 Å². The first-order valence-corrected chi connectivity index (χ1v) is 5.44. The second kappa shape index (κ2) is 4.91. The van der Waals surface area contributed by atoms with E-state index in [9.17, 15) is 9.90 Å². The van der Waals surface area contributed by atoms with Crippen LogP contribution >= 0.6 is 0 Å². The third kappa shape index (κ3) is 2.34. The van der Waals surface area contributed by atoms with Crippen LogP contribution in [0.5, 0.6) is 5.75 Å². The van der Waals surface area contributed by atoms with Crippen molar-refractivity contribution in [2.24, 2.45) is 0 Å². The molecule has 1 heterocycles. The molecule has 0 fully saturated rings. The second-order valence-electron chi connectivity index (χ2n) is 3.91. The quantitative estimate of drug-likeness (QED) is 0.811. The molecule has 2 aromatic rings. The molecule has 1 aromatic heterocycles. The van der Waals surface area contributed by atoms with Crippen LogP contribution in [0.4, 0.5) is 0 Å². The summed E-state index contributed by atoms with van der Waals surface area (Å²) in [6.45, 7) is 3.63. The topological polar surface area (TPSA) is 75.4 Å². The van der Waals surface area contributed by atoms with Crippen molar-refractivity contribution in [2.75, 3.05) is 0 Å². The Labute approximate surface area is 104 Å². The summed E-state index contributed by atoms with van der Waals surface area (Å²) < 4.78 is 10.4. The molecular weight excluding hydrogens is 234 g/mol. The zero-order valence-corrected chi connectivity index (χ0v) is 10.1. The van der Waals surface area contributed by atoms with Gasteiger partial charge in [0.15, 0.2) is 0 Å². The highest BCUT2D eigenvalue weighted by atomic mass is 16.5. The maximum Gasteiger partial charge on any atom is 0.140 e. The van der Waals surface area contributed by atoms with Crippen LogP contribution in [0, 0.1) is 13.8 Å². The smallest absolute Gasteiger partial charge is 0.140 e. The predicted molar refractivity (Wildman–Crippen MR) is 61.1 cm³/mol. The number of aromatic nitrogens is 1. The minimum Gasteiger partial charge on any atom is -0.543 e. The highest BCUT2D eigenvalue weighted by molar-refractivity contribution is 5.85. The predicted octanol–water partition coefficient (Wildman–Crippen LogP) is 1.23. The molecule has 0 bridgehead atoms. The molecule has 0 saturated carbocycles. The molecule has 0 saturated heterocycles. The molecule has 5 nitrogen and oxygen atoms in total. The zero-order valence-electron chi connectivity index (χ0n) is 10.1. The Hall–Kier alpha value is -2.30. The number of ether oxygens (including phenoxy) is 1. The maximum atomic E-state index is 10.8. The molecule has 2 rings (SSSR count). The first-order valence-electron chi connectivity index (χ1n) is 5.44. The van der Waals surface area contributed by atoms with Gasteiger partial charge >= 0.3 is 0 Å². The Morgan fingerprint density at radius 2 is 2.11 bits per heavy atom. The summed E-state index contributed by atoms with van der Waals surface area (Å²) in [4.78, 5) is 10.8. The first-order chi connectivity index (χ1) is 8.59. The van der Waals surface area contributed by atoms with Gasteiger partial charge in [0.2, 0.25) is 0 Å². The van der Waals surface area contributed by atoms with E-state index in [1.165, 1.54) is 0 Å². The second-order valence-corrected chi connectivity index (χ2v) is 3.91. The van der Waals surface area contributed by atoms with Crippen molar-refractivity contribution >= 4 is 5.97 Å². The van der Waals surface area contributed by atoms with Crippen molar-refractivity contribution in [3.05, 3.63) is 46.8 Å². The number of para-hydroxylation sites is 1. The molecule has 1 aromatic carbocycles. The van der Waals surface area contributed by atoms with Crippen molar-refractivity contribution in [2.45, 2.75) is 20.5 Å². The number of hydrogen-bond donors (Lipinski definition) is 0. The van der Waals surface area contributed by atoms with Gasteiger partial charge in [-0.1, -0.05) is 23.4 Å². The first kappa shape index (κ1) is 12.2. The average Bonchev–Trinajstić information content (AvgIpc) is 2.70. The largest absolute Gasteiger partial charge is 0.543 e. The minimum absolute atomic E-state index is 0.0868. The van der Waals surface area contributed by atoms with Crippen LogP contribution in [0.3, 0.4) is 0 Å². The van der Waals surface area contributed by atoms with Gasteiger partial charge in [0.25, 0.3) is 0 Å². The number of carbonyl (C=O) groups is 1. The van der Waals surface area contributed by atoms with Gasteiger partial charge in [-0.3, -0.25) is 0 Å². The Morgan fingerprint density at radius 3 is 2.78 bits per heavy atom. The molecule has 0 radical (unpaired) electrons. The molecule has 0 aliphatic rings. The Morgan fingerprint density at radius 1 is 1.39 bits per heavy atom. The number of rotatable bonds is 4. The molecule has 5 heteroatoms. The summed E-state index contributed by atoms with van der Waals surface area (Å²) in [7, 11) is 0. The lowest BCUT2D eigenvalue weighted by Crippen LogP contribution is -2.24. The molecule has 0 N–H and O–H groups in total. The van der Waals surface area contributed by atoms with Crippen LogP contribution in [0.25, 0.3) is 0 Å². The fourth-order valence-electron chi connectivity index (χ4n) is 1.59. The molecular formula is C13H12NO4-. The molecule has 0 aliphatic heterocycles. The summed E-state index contributed by atoms with van der Waals surface area (Å²) in [5.74, 6) is -0.250. The van der Waals surface area contributed by atoms with Crippen LogP contribution in [0.2, 0.25) is 0 Å². The van der Waals surface area contributed by atoms with Crippen LogP contribution in [-0.4, -0.2) is 11.1 Å². The molecule has 0 aliphatic carbocycles. The van der Waals surface area contributed by atoms with E-state index in [-0.39, 0.29) is 12.3 Å². The van der Waals surface area contributed by atoms with E-state index in [1.54, 1.807) is 6.92 Å². The van der Waals surface area contributed by atoms with E-state index < -0.39 is 5.97 Å². The highest BCUT2D eigenvalue weighted by Gasteiger charge is 2.14. The number of benzene rings is 1. The van der Waals surface area contributed by atoms with Crippen molar-refractivity contribution in [1.82, 2.24) is 5.16 Å². The lowest BCUT2D eigenvalue weighted by molar-refractivity contribution is -0.255. The van der Waals surface area contributed by atoms with E-state index in [2.05, 4.69) is 5.16 Å². The summed E-state index contributed by atoms with van der Waals surface area (Å²) in [5.41, 5.74) is 1.17. The number of carboxylic acid groups (broad SMARTS) is 1. The van der Waals surface area contributed by atoms with Crippen LogP contribution in [0.15, 0.2) is 28.8 Å². The molecule has 94 valence electrons. The van der Waals surface area contributed by atoms with Crippen LogP contribution < -0.4 is 9.84 Å². The lowest BCUT2D eigenvalue weighted by atomic mass is 10.2. The van der Waals surface area contributed by atoms with E-state index in [0.29, 0.717) is 17.1 Å². The van der Waals surface area contributed by atoms with Crippen molar-refractivity contribution in [1.29, 1.82) is 0 Å². The van der Waals surface area contributed by atoms with Gasteiger partial charge in [0.1, 0.15) is 23.8 Å². The number of carboxylic acids is 1. The van der Waals surface area contributed by atoms with E-state index >= 15 is 0 Å². The Kier molecular flexibility index (Phi) is 3.32. The minimum atomic E-state index is -1.37. The van der Waals surface area contributed by atoms with Crippen LogP contribution in [-0.2, 0) is 6.61 Å². The van der Waals surface area contributed by atoms with Gasteiger partial charge < -0.3 is 19.2 Å². The summed E-state index contributed by atoms with van der Waals surface area (Å²) >= 11 is 0. The number of aryl methyl sites for hydroxylation is 2. The van der Waals surface area contributed by atoms with Gasteiger partial charge in [-0.05, 0) is 25.5 Å². The lowest BCUT2D eigenvalue weighted by Gasteiger charge is -2.09. The Bertz CT molecular complexity index is 574. The number of nitrogens with zero attached hydrogens (tertiary/aromatic N) is 1. The fourth-order valence-corrected chi connectivity index (χ4v) is 1.59. The van der Waals surface area contributed by atoms with Gasteiger partial charge in [-0.15, -0.1) is 0 Å². The fraction of sp³-hybridized carbons (Fsp3) is 0.231. The monoisotopic (exact) mass is 246 g/mol. The normalized spacial score (nSPS) is 10.3. The summed E-state index contributed by atoms with van der Waals surface area (Å²) in [6, 6.07) is 7.48. The zero-order chi connectivity index (χ0) is 13.1. The van der Waals surface area contributed by atoms with E-state index in [4.69, 9.17) is 9.26 Å². The van der Waals surface area contributed by atoms with Crippen molar-refractivity contribution in [3.63, 3.8) is 0 Å². The van der Waals surface area contributed by atoms with Gasteiger partial charge in [0.05, 0.1) is 11.5 Å². The van der Waals surface area contributed by atoms with E-state index in [1.807, 2.05) is 31.2 Å². The van der Waals surface area contributed by atoms with Crippen molar-refractivity contribution < 1.29 is 19.2 Å². The molecule has 18 heavy (non-hydrogen) atoms. The third-order valence-corrected chi connectivity index (χ3v) is 2.64. The highest BCUT2D eigenvalue weighted by Crippen LogP contribution is 2.20. The van der Waals surface area contributed by atoms with Crippen LogP contribution in [0.1, 0.15) is 27.4 Å². The summed E-state index contributed by atoms with van der Waals surface area (Å²) in [6.07, 6.45) is 0. The standard InChI is InChI=1S/C13H13NO4/c1-8-5-3-4-6-11(8)17-7-10-9(2)18-14-12(10)13(15)16/h3-6H,7H2,1-2H3,(H,15,16)/p-1. The van der Waals surface area contributed by atoms with Crippen molar-refractivity contribution in [3.8, 4) is 5.75 Å². The number of carbonyl (C=O) groups excluding carboxylic acids is 1. The summed E-state index contributed by atoms with van der Waals surface area (Å²) in [5, 5.41) is 14.3. The SMILES string of the molecule is Cc1ccccc1OCc1c(C(=O)[O-])noc1C. The number of aromatic carboxylic acids is 1. The van der Waals surface area contributed by atoms with E-state index in [0.717, 1.165) is 5.56 Å². The third-order valence-electron chi connectivity index (χ3n) is 2.64. The Balaban J connectivity index is 2.18. The molecule has 0 spiro atoms. The molecule has 0 unspecified atom stereocenters. The van der Waals surface area contributed by atoms with Gasteiger partial charge in [-0.25, -0.2) is 0 Å². The van der Waals surface area contributed by atoms with Gasteiger partial charge in [-0.2, -0.15) is 0 Å². The molecule has 0 atom stereocenters. The number of hydrogen-bond acceptors (Lipinski definition) is 5.